The van der Waals surface area contributed by atoms with E-state index in [1.165, 1.54) is 41.5 Å². The minimum Gasteiger partial charge on any atom is -0.465 e. The molecule has 388 valence electrons. The zero-order valence-electron chi connectivity index (χ0n) is 42.5. The summed E-state index contributed by atoms with van der Waals surface area (Å²) in [5.74, 6) is -5.22. The van der Waals surface area contributed by atoms with Crippen LogP contribution in [-0.4, -0.2) is 101 Å². The van der Waals surface area contributed by atoms with E-state index in [4.69, 9.17) is 37.9 Å². The Morgan fingerprint density at radius 2 is 0.406 bits per heavy atom. The largest absolute Gasteiger partial charge is 0.465 e. The molecular formula is C53H80O16. The Morgan fingerprint density at radius 1 is 0.261 bits per heavy atom. The Hall–Kier alpha value is -5.80. The van der Waals surface area contributed by atoms with Crippen molar-refractivity contribution in [3.63, 3.8) is 0 Å². The summed E-state index contributed by atoms with van der Waals surface area (Å²) in [7, 11) is 0. The van der Waals surface area contributed by atoms with Crippen LogP contribution in [0.1, 0.15) is 151 Å². The summed E-state index contributed by atoms with van der Waals surface area (Å²) in [6.07, 6.45) is 15.3. The van der Waals surface area contributed by atoms with E-state index in [0.717, 1.165) is 83.5 Å². The summed E-state index contributed by atoms with van der Waals surface area (Å²) in [6, 6.07) is 0. The van der Waals surface area contributed by atoms with Crippen LogP contribution in [0.3, 0.4) is 0 Å². The topological polar surface area (TPSA) is 210 Å². The fourth-order valence-electron chi connectivity index (χ4n) is 6.00. The Bertz CT molecular complexity index is 1530. The third-order valence-corrected chi connectivity index (χ3v) is 10.5. The zero-order valence-corrected chi connectivity index (χ0v) is 42.5. The molecule has 0 amide bonds. The summed E-state index contributed by atoms with van der Waals surface area (Å²) in [4.78, 5) is 98.8. The van der Waals surface area contributed by atoms with Crippen LogP contribution in [0.2, 0.25) is 0 Å². The number of hydrogen-bond acceptors (Lipinski definition) is 16. The van der Waals surface area contributed by atoms with E-state index in [1.807, 2.05) is 0 Å². The molecule has 0 spiro atoms. The quantitative estimate of drug-likeness (QED) is 0.0242. The molecule has 69 heavy (non-hydrogen) atoms. The smallest absolute Gasteiger partial charge is 0.333 e. The van der Waals surface area contributed by atoms with Crippen molar-refractivity contribution in [1.82, 2.24) is 0 Å². The van der Waals surface area contributed by atoms with Gasteiger partial charge in [-0.3, -0.25) is 9.59 Å². The first-order valence-electron chi connectivity index (χ1n) is 23.7. The molecule has 0 saturated heterocycles. The first-order chi connectivity index (χ1) is 32.5. The maximum absolute atomic E-state index is 12.7. The lowest BCUT2D eigenvalue weighted by Crippen LogP contribution is -2.44. The van der Waals surface area contributed by atoms with Crippen LogP contribution in [0.15, 0.2) is 72.9 Å². The summed E-state index contributed by atoms with van der Waals surface area (Å²) < 4.78 is 43.1. The molecule has 0 fully saturated rings. The molecule has 0 aromatic rings. The highest BCUT2D eigenvalue weighted by Gasteiger charge is 2.39. The van der Waals surface area contributed by atoms with Crippen molar-refractivity contribution in [2.45, 2.75) is 151 Å². The van der Waals surface area contributed by atoms with Gasteiger partial charge in [0.05, 0.1) is 0 Å². The average molecular weight is 973 g/mol. The van der Waals surface area contributed by atoms with Crippen molar-refractivity contribution in [3.05, 3.63) is 72.9 Å². The molecule has 0 unspecified atom stereocenters. The zero-order chi connectivity index (χ0) is 52.4. The molecule has 0 rings (SSSR count). The molecule has 0 saturated carbocycles. The number of hydrogen-bond donors (Lipinski definition) is 0. The molecule has 0 aromatic heterocycles. The van der Waals surface area contributed by atoms with Crippen LogP contribution in [0.4, 0.5) is 0 Å². The lowest BCUT2D eigenvalue weighted by Gasteiger charge is -2.31. The van der Waals surface area contributed by atoms with Crippen LogP contribution in [0.5, 0.6) is 0 Å². The number of carbonyl (C=O) groups is 8. The van der Waals surface area contributed by atoms with Crippen molar-refractivity contribution in [2.75, 3.05) is 52.9 Å². The van der Waals surface area contributed by atoms with Gasteiger partial charge in [-0.2, -0.15) is 0 Å². The van der Waals surface area contributed by atoms with Gasteiger partial charge in [-0.1, -0.05) is 123 Å². The fraction of sp³-hybridized carbons (Fsp3) is 0.623. The summed E-state index contributed by atoms with van der Waals surface area (Å²) in [5, 5.41) is 0. The fourth-order valence-corrected chi connectivity index (χ4v) is 6.00. The number of rotatable bonds is 40. The molecular weight excluding hydrogens is 893 g/mol. The first-order valence-corrected chi connectivity index (χ1v) is 23.7. The summed E-state index contributed by atoms with van der Waals surface area (Å²) in [5.41, 5.74) is -1.98. The third-order valence-electron chi connectivity index (χ3n) is 10.5. The molecule has 0 aliphatic rings. The molecule has 0 heterocycles. The van der Waals surface area contributed by atoms with Crippen molar-refractivity contribution in [2.24, 2.45) is 10.8 Å². The highest BCUT2D eigenvalue weighted by atomic mass is 16.6. The van der Waals surface area contributed by atoms with Gasteiger partial charge in [0.25, 0.3) is 0 Å². The average Bonchev–Trinajstić information content (AvgIpc) is 3.30. The highest BCUT2D eigenvalue weighted by molar-refractivity contribution is 5.89. The molecule has 0 aromatic carbocycles. The van der Waals surface area contributed by atoms with Crippen LogP contribution in [0.25, 0.3) is 0 Å². The summed E-state index contributed by atoms with van der Waals surface area (Å²) >= 11 is 0. The number of esters is 8. The van der Waals surface area contributed by atoms with Gasteiger partial charge in [0.15, 0.2) is 0 Å². The predicted octanol–water partition coefficient (Wildman–Crippen LogP) is 9.39. The van der Waals surface area contributed by atoms with Gasteiger partial charge in [0.1, 0.15) is 63.7 Å². The minimum atomic E-state index is -1.38. The second-order valence-corrected chi connectivity index (χ2v) is 18.3. The normalized spacial score (nSPS) is 11.0. The van der Waals surface area contributed by atoms with Gasteiger partial charge in [0, 0.05) is 46.3 Å². The third kappa shape index (κ3) is 30.3. The van der Waals surface area contributed by atoms with Crippen LogP contribution >= 0.6 is 0 Å². The van der Waals surface area contributed by atoms with Gasteiger partial charge in [-0.15, -0.1) is 0 Å². The van der Waals surface area contributed by atoms with Gasteiger partial charge in [-0.05, 0) is 54.4 Å². The summed E-state index contributed by atoms with van der Waals surface area (Å²) in [6.45, 7) is 27.2. The number of carbonyl (C=O) groups excluding carboxylic acids is 8. The molecule has 16 nitrogen and oxygen atoms in total. The lowest BCUT2D eigenvalue weighted by atomic mass is 9.92. The number of unbranched alkanes of at least 4 members (excludes halogenated alkanes) is 14. The van der Waals surface area contributed by atoms with E-state index in [9.17, 15) is 38.4 Å². The van der Waals surface area contributed by atoms with E-state index in [-0.39, 0.29) is 99.1 Å². The Labute approximate surface area is 410 Å². The first kappa shape index (κ1) is 63.2. The predicted molar refractivity (Wildman–Crippen MR) is 260 cm³/mol. The molecule has 0 radical (unpaired) electrons. The second-order valence-electron chi connectivity index (χ2n) is 18.3. The van der Waals surface area contributed by atoms with Gasteiger partial charge in [-0.25, -0.2) is 28.8 Å². The molecule has 16 heteroatoms. The van der Waals surface area contributed by atoms with Crippen molar-refractivity contribution >= 4 is 47.8 Å². The Kier molecular flexibility index (Phi) is 32.4. The second kappa shape index (κ2) is 35.3. The van der Waals surface area contributed by atoms with E-state index < -0.39 is 58.6 Å². The minimum absolute atomic E-state index is 0.131. The van der Waals surface area contributed by atoms with Gasteiger partial charge >= 0.3 is 47.8 Å². The standard InChI is InChI=1S/C53H80O16/c1-38(2)46(56)64-32-52(33-65-47(57)39(3)4,34-66-48(58)40(5)6)30-62-44(54)28-26-24-22-20-18-16-14-13-15-17-19-21-23-25-27-29-45(55)63-31-53(35-67-49(59)41(7)8,36-68-50(60)42(9)10)37-69-51(61)43(11)12/h1,3,5,7,9,11,13-37H2,2,4,6,8,10,12H3. The molecule has 0 aliphatic heterocycles. The van der Waals surface area contributed by atoms with E-state index in [0.29, 0.717) is 12.8 Å². The monoisotopic (exact) mass is 973 g/mol. The maximum Gasteiger partial charge on any atom is 0.333 e. The Morgan fingerprint density at radius 3 is 0.565 bits per heavy atom. The van der Waals surface area contributed by atoms with Crippen molar-refractivity contribution in [3.8, 4) is 0 Å². The van der Waals surface area contributed by atoms with Crippen molar-refractivity contribution in [1.29, 1.82) is 0 Å². The number of ether oxygens (including phenoxy) is 8. The highest BCUT2D eigenvalue weighted by Crippen LogP contribution is 2.25. The molecule has 0 N–H and O–H groups in total. The van der Waals surface area contributed by atoms with Crippen LogP contribution in [0, 0.1) is 10.8 Å². The van der Waals surface area contributed by atoms with Crippen LogP contribution in [-0.2, 0) is 76.3 Å². The van der Waals surface area contributed by atoms with E-state index in [2.05, 4.69) is 39.5 Å². The molecule has 0 bridgehead atoms. The van der Waals surface area contributed by atoms with Crippen molar-refractivity contribution < 1.29 is 76.3 Å². The SMILES string of the molecule is C=C(C)C(=O)OCC(COC(=O)CCCCCCCCCCCCCCCCCC(=O)OCC(COC(=O)C(=C)C)(COC(=O)C(=C)C)COC(=O)C(=C)C)(COC(=O)C(=C)C)COC(=O)C(=C)C. The Balaban J connectivity index is 4.57. The van der Waals surface area contributed by atoms with E-state index >= 15 is 0 Å². The van der Waals surface area contributed by atoms with Gasteiger partial charge < -0.3 is 37.9 Å². The van der Waals surface area contributed by atoms with Gasteiger partial charge in [0.2, 0.25) is 0 Å². The maximum atomic E-state index is 12.7. The van der Waals surface area contributed by atoms with E-state index in [1.54, 1.807) is 0 Å². The molecule has 0 aliphatic carbocycles. The lowest BCUT2D eigenvalue weighted by molar-refractivity contribution is -0.170. The molecule has 0 atom stereocenters. The van der Waals surface area contributed by atoms with Crippen LogP contribution < -0.4 is 0 Å².